The number of ether oxygens (including phenoxy) is 1. The van der Waals surface area contributed by atoms with Gasteiger partial charge in [0.25, 0.3) is 0 Å². The van der Waals surface area contributed by atoms with Crippen LogP contribution in [0, 0.1) is 5.41 Å². The molecule has 0 aliphatic rings. The Hall–Kier alpha value is -3.14. The molecule has 3 N–H and O–H groups in total. The van der Waals surface area contributed by atoms with Crippen molar-refractivity contribution >= 4 is 11.4 Å². The largest absolute Gasteiger partial charge is 0.457 e. The highest BCUT2D eigenvalue weighted by atomic mass is 16.5. The lowest BCUT2D eigenvalue weighted by Gasteiger charge is -2.12. The number of aliphatic imine (C=N–C) groups is 1. The summed E-state index contributed by atoms with van der Waals surface area (Å²) in [5.74, 6) is 1.50. The van der Waals surface area contributed by atoms with Crippen LogP contribution in [0.25, 0.3) is 0 Å². The maximum absolute atomic E-state index is 8.59. The third-order valence-electron chi connectivity index (χ3n) is 4.16. The number of nitrogens with two attached hydrogens (primary N) is 1. The van der Waals surface area contributed by atoms with E-state index in [0.29, 0.717) is 17.0 Å². The van der Waals surface area contributed by atoms with E-state index in [-0.39, 0.29) is 0 Å². The molecule has 0 bridgehead atoms. The monoisotopic (exact) mass is 361 g/mol. The van der Waals surface area contributed by atoms with E-state index in [1.807, 2.05) is 74.6 Å². The number of rotatable bonds is 7. The third-order valence-corrected chi connectivity index (χ3v) is 4.16. The normalized spacial score (nSPS) is 13.2. The van der Waals surface area contributed by atoms with Gasteiger partial charge in [-0.05, 0) is 63.6 Å². The second kappa shape index (κ2) is 9.53. The minimum Gasteiger partial charge on any atom is -0.457 e. The molecular formula is C23H27N3O. The number of nitrogens with zero attached hydrogens (tertiary/aromatic N) is 1. The van der Waals surface area contributed by atoms with E-state index in [2.05, 4.69) is 11.9 Å². The zero-order chi connectivity index (χ0) is 19.8. The third kappa shape index (κ3) is 5.68. The number of hydrogen-bond donors (Lipinski definition) is 2. The number of para-hydroxylation sites is 1. The van der Waals surface area contributed by atoms with Crippen LogP contribution in [0.3, 0.4) is 0 Å². The molecule has 27 heavy (non-hydrogen) atoms. The molecule has 2 aromatic carbocycles. The highest BCUT2D eigenvalue weighted by Crippen LogP contribution is 2.22. The van der Waals surface area contributed by atoms with Crippen molar-refractivity contribution in [2.45, 2.75) is 34.1 Å². The average Bonchev–Trinajstić information content (AvgIpc) is 2.67. The molecule has 0 saturated carbocycles. The predicted octanol–water partition coefficient (Wildman–Crippen LogP) is 5.85. The van der Waals surface area contributed by atoms with Crippen molar-refractivity contribution in [3.63, 3.8) is 0 Å². The van der Waals surface area contributed by atoms with E-state index in [0.717, 1.165) is 29.2 Å². The Morgan fingerprint density at radius 1 is 1.00 bits per heavy atom. The predicted molar refractivity (Wildman–Crippen MR) is 114 cm³/mol. The summed E-state index contributed by atoms with van der Waals surface area (Å²) in [7, 11) is 0. The van der Waals surface area contributed by atoms with Gasteiger partial charge in [0.05, 0.1) is 5.71 Å². The van der Waals surface area contributed by atoms with Crippen LogP contribution in [0.4, 0.5) is 0 Å². The van der Waals surface area contributed by atoms with Crippen molar-refractivity contribution in [1.29, 1.82) is 5.41 Å². The zero-order valence-corrected chi connectivity index (χ0v) is 16.4. The summed E-state index contributed by atoms with van der Waals surface area (Å²) in [5.41, 5.74) is 10.3. The van der Waals surface area contributed by atoms with Gasteiger partial charge in [0.2, 0.25) is 0 Å². The van der Waals surface area contributed by atoms with E-state index in [1.165, 1.54) is 5.57 Å². The van der Waals surface area contributed by atoms with E-state index >= 15 is 0 Å². The highest BCUT2D eigenvalue weighted by molar-refractivity contribution is 6.28. The summed E-state index contributed by atoms with van der Waals surface area (Å²) in [5, 5.41) is 8.59. The van der Waals surface area contributed by atoms with Crippen molar-refractivity contribution in [3.8, 4) is 11.5 Å². The van der Waals surface area contributed by atoms with Gasteiger partial charge in [0.15, 0.2) is 0 Å². The van der Waals surface area contributed by atoms with Crippen LogP contribution in [0.2, 0.25) is 0 Å². The quantitative estimate of drug-likeness (QED) is 0.607. The highest BCUT2D eigenvalue weighted by Gasteiger charge is 2.13. The Kier molecular flexibility index (Phi) is 7.12. The molecule has 2 rings (SSSR count). The van der Waals surface area contributed by atoms with Crippen LogP contribution in [0.1, 0.15) is 39.7 Å². The summed E-state index contributed by atoms with van der Waals surface area (Å²) >= 11 is 0. The average molecular weight is 361 g/mol. The number of hydrogen-bond acceptors (Lipinski definition) is 4. The molecule has 0 aromatic heterocycles. The molecule has 0 aliphatic heterocycles. The Labute approximate surface area is 161 Å². The molecular weight excluding hydrogens is 334 g/mol. The Morgan fingerprint density at radius 2 is 1.59 bits per heavy atom. The molecule has 4 nitrogen and oxygen atoms in total. The van der Waals surface area contributed by atoms with Crippen LogP contribution in [0.15, 0.2) is 82.6 Å². The van der Waals surface area contributed by atoms with Crippen LogP contribution in [0.5, 0.6) is 11.5 Å². The number of nitrogens with one attached hydrogen (secondary N) is 1. The molecule has 0 amide bonds. The minimum absolute atomic E-state index is 0.352. The summed E-state index contributed by atoms with van der Waals surface area (Å²) in [4.78, 5) is 4.49. The van der Waals surface area contributed by atoms with Gasteiger partial charge in [-0.1, -0.05) is 30.7 Å². The second-order valence-corrected chi connectivity index (χ2v) is 6.42. The molecule has 0 heterocycles. The Morgan fingerprint density at radius 3 is 2.15 bits per heavy atom. The first kappa shape index (κ1) is 20.2. The smallest absolute Gasteiger partial charge is 0.127 e. The minimum atomic E-state index is 0.352. The molecule has 0 radical (unpaired) electrons. The zero-order valence-electron chi connectivity index (χ0n) is 16.4. The van der Waals surface area contributed by atoms with Gasteiger partial charge in [-0.2, -0.15) is 0 Å². The summed E-state index contributed by atoms with van der Waals surface area (Å²) in [6.45, 7) is 7.80. The number of allylic oxidation sites excluding steroid dienone is 3. The van der Waals surface area contributed by atoms with E-state index in [1.54, 1.807) is 6.92 Å². The topological polar surface area (TPSA) is 71.5 Å². The van der Waals surface area contributed by atoms with Gasteiger partial charge in [-0.15, -0.1) is 0 Å². The SMILES string of the molecule is CC/C(C)=C/N=C(C)/C(C(=N)c1ccc(Oc2ccccc2)cc1)=C(\C)N. The van der Waals surface area contributed by atoms with Crippen molar-refractivity contribution < 1.29 is 4.74 Å². The van der Waals surface area contributed by atoms with Gasteiger partial charge in [0, 0.05) is 28.7 Å². The van der Waals surface area contributed by atoms with Crippen molar-refractivity contribution in [2.24, 2.45) is 10.7 Å². The molecule has 0 fully saturated rings. The van der Waals surface area contributed by atoms with Crippen LogP contribution in [-0.2, 0) is 0 Å². The summed E-state index contributed by atoms with van der Waals surface area (Å²) < 4.78 is 5.81. The van der Waals surface area contributed by atoms with Gasteiger partial charge in [-0.3, -0.25) is 10.4 Å². The lowest BCUT2D eigenvalue weighted by Crippen LogP contribution is -2.16. The molecule has 4 heteroatoms. The molecule has 2 aromatic rings. The molecule has 0 aliphatic carbocycles. The second-order valence-electron chi connectivity index (χ2n) is 6.42. The fourth-order valence-corrected chi connectivity index (χ4v) is 2.48. The van der Waals surface area contributed by atoms with Gasteiger partial charge < -0.3 is 10.5 Å². The molecule has 0 saturated heterocycles. The lowest BCUT2D eigenvalue weighted by molar-refractivity contribution is 0.482. The fourth-order valence-electron chi connectivity index (χ4n) is 2.48. The lowest BCUT2D eigenvalue weighted by atomic mass is 9.97. The van der Waals surface area contributed by atoms with E-state index < -0.39 is 0 Å². The van der Waals surface area contributed by atoms with Gasteiger partial charge in [-0.25, -0.2) is 0 Å². The first-order valence-electron chi connectivity index (χ1n) is 9.01. The summed E-state index contributed by atoms with van der Waals surface area (Å²) in [6.07, 6.45) is 2.78. The Balaban J connectivity index is 2.23. The van der Waals surface area contributed by atoms with Crippen molar-refractivity contribution in [3.05, 3.63) is 83.2 Å². The molecule has 140 valence electrons. The maximum atomic E-state index is 8.59. The van der Waals surface area contributed by atoms with Crippen molar-refractivity contribution in [2.75, 3.05) is 0 Å². The maximum Gasteiger partial charge on any atom is 0.127 e. The fraction of sp³-hybridized carbons (Fsp3) is 0.217. The van der Waals surface area contributed by atoms with Crippen LogP contribution < -0.4 is 10.5 Å². The standard InChI is InChI=1S/C23H27N3O/c1-5-16(2)15-26-18(4)22(17(3)24)23(25)19-11-13-21(14-12-19)27-20-9-7-6-8-10-20/h6-15,25H,5,24H2,1-4H3/b16-15+,22-17-,25-23?,26-18+. The molecule has 0 unspecified atom stereocenters. The summed E-state index contributed by atoms with van der Waals surface area (Å²) in [6, 6.07) is 17.0. The number of benzene rings is 2. The van der Waals surface area contributed by atoms with Gasteiger partial charge >= 0.3 is 0 Å². The van der Waals surface area contributed by atoms with E-state index in [4.69, 9.17) is 15.9 Å². The van der Waals surface area contributed by atoms with E-state index in [9.17, 15) is 0 Å². The van der Waals surface area contributed by atoms with Crippen LogP contribution >= 0.6 is 0 Å². The van der Waals surface area contributed by atoms with Crippen LogP contribution in [-0.4, -0.2) is 11.4 Å². The molecule has 0 spiro atoms. The van der Waals surface area contributed by atoms with Gasteiger partial charge in [0.1, 0.15) is 11.5 Å². The first-order valence-corrected chi connectivity index (χ1v) is 9.01. The Bertz CT molecular complexity index is 872. The molecule has 0 atom stereocenters. The first-order chi connectivity index (χ1) is 12.9. The van der Waals surface area contributed by atoms with Crippen molar-refractivity contribution in [1.82, 2.24) is 0 Å².